The zero-order valence-electron chi connectivity index (χ0n) is 20.3. The molecule has 0 saturated heterocycles. The van der Waals surface area contributed by atoms with E-state index in [-0.39, 0.29) is 5.91 Å². The predicted octanol–water partition coefficient (Wildman–Crippen LogP) is 5.26. The van der Waals surface area contributed by atoms with Gasteiger partial charge in [0.2, 0.25) is 5.91 Å². The predicted molar refractivity (Wildman–Crippen MR) is 138 cm³/mol. The lowest BCUT2D eigenvalue weighted by Crippen LogP contribution is -2.24. The molecule has 0 aliphatic carbocycles. The number of unbranched alkanes of at least 4 members (excludes halogenated alkanes) is 2. The van der Waals surface area contributed by atoms with Crippen molar-refractivity contribution in [3.8, 4) is 11.5 Å². The van der Waals surface area contributed by atoms with Crippen LogP contribution in [-0.2, 0) is 24.2 Å². The van der Waals surface area contributed by atoms with Crippen LogP contribution in [-0.4, -0.2) is 35.7 Å². The van der Waals surface area contributed by atoms with E-state index in [0.29, 0.717) is 25.3 Å². The molecule has 34 heavy (non-hydrogen) atoms. The normalized spacial score (nSPS) is 10.8. The van der Waals surface area contributed by atoms with Crippen LogP contribution >= 0.6 is 0 Å². The SMILES string of the molecule is C=CCc1ccc(OCCn2c(CCCCCNC(=O)C(=C)C)nc3ccccc32)c(OC)c1. The third-order valence-corrected chi connectivity index (χ3v) is 5.66. The second-order valence-corrected chi connectivity index (χ2v) is 8.34. The number of carbonyl (C=O) groups excluding carboxylic acids is 1. The van der Waals surface area contributed by atoms with Gasteiger partial charge in [-0.1, -0.05) is 37.3 Å². The van der Waals surface area contributed by atoms with Gasteiger partial charge >= 0.3 is 0 Å². The molecular weight excluding hydrogens is 426 g/mol. The molecule has 0 bridgehead atoms. The number of fused-ring (bicyclic) bond motifs is 1. The zero-order chi connectivity index (χ0) is 24.3. The Kier molecular flexibility index (Phi) is 9.32. The Balaban J connectivity index is 1.59. The lowest BCUT2D eigenvalue weighted by atomic mass is 10.1. The number of nitrogens with one attached hydrogen (secondary N) is 1. The summed E-state index contributed by atoms with van der Waals surface area (Å²) in [6.07, 6.45) is 6.50. The summed E-state index contributed by atoms with van der Waals surface area (Å²) >= 11 is 0. The summed E-state index contributed by atoms with van der Waals surface area (Å²) in [6.45, 7) is 11.1. The molecule has 6 heteroatoms. The van der Waals surface area contributed by atoms with Gasteiger partial charge in [0.1, 0.15) is 12.4 Å². The number of benzene rings is 2. The number of allylic oxidation sites excluding steroid dienone is 1. The van der Waals surface area contributed by atoms with Crippen molar-refractivity contribution in [2.24, 2.45) is 0 Å². The fourth-order valence-corrected chi connectivity index (χ4v) is 3.88. The quantitative estimate of drug-likeness (QED) is 0.202. The average Bonchev–Trinajstić information content (AvgIpc) is 3.19. The molecule has 0 atom stereocenters. The van der Waals surface area contributed by atoms with E-state index in [1.807, 2.05) is 42.5 Å². The van der Waals surface area contributed by atoms with Crippen molar-refractivity contribution in [1.29, 1.82) is 0 Å². The molecule has 1 heterocycles. The molecule has 0 fully saturated rings. The van der Waals surface area contributed by atoms with Gasteiger partial charge in [-0.15, -0.1) is 6.58 Å². The van der Waals surface area contributed by atoms with Crippen molar-refractivity contribution in [2.75, 3.05) is 20.3 Å². The molecule has 1 amide bonds. The van der Waals surface area contributed by atoms with Gasteiger partial charge in [-0.25, -0.2) is 4.98 Å². The molecule has 3 rings (SSSR count). The molecule has 1 N–H and O–H groups in total. The van der Waals surface area contributed by atoms with Crippen LogP contribution in [0.2, 0.25) is 0 Å². The second kappa shape index (κ2) is 12.6. The Bertz CT molecular complexity index is 1130. The number of methoxy groups -OCH3 is 1. The van der Waals surface area contributed by atoms with Gasteiger partial charge in [-0.2, -0.15) is 0 Å². The van der Waals surface area contributed by atoms with Crippen molar-refractivity contribution in [3.63, 3.8) is 0 Å². The van der Waals surface area contributed by atoms with Gasteiger partial charge in [0.05, 0.1) is 24.7 Å². The summed E-state index contributed by atoms with van der Waals surface area (Å²) in [6, 6.07) is 14.2. The second-order valence-electron chi connectivity index (χ2n) is 8.34. The number of rotatable bonds is 14. The number of amides is 1. The van der Waals surface area contributed by atoms with Crippen LogP contribution in [0.15, 0.2) is 67.3 Å². The fourth-order valence-electron chi connectivity index (χ4n) is 3.88. The summed E-state index contributed by atoms with van der Waals surface area (Å²) in [5, 5.41) is 2.89. The third kappa shape index (κ3) is 6.73. The van der Waals surface area contributed by atoms with E-state index >= 15 is 0 Å². The number of ether oxygens (including phenoxy) is 2. The number of aromatic nitrogens is 2. The first-order valence-corrected chi connectivity index (χ1v) is 11.8. The molecule has 2 aromatic carbocycles. The fraction of sp³-hybridized carbons (Fsp3) is 0.357. The van der Waals surface area contributed by atoms with Gasteiger partial charge in [-0.3, -0.25) is 4.79 Å². The topological polar surface area (TPSA) is 65.4 Å². The number of hydrogen-bond acceptors (Lipinski definition) is 4. The van der Waals surface area contributed by atoms with Gasteiger partial charge < -0.3 is 19.4 Å². The molecule has 6 nitrogen and oxygen atoms in total. The lowest BCUT2D eigenvalue weighted by Gasteiger charge is -2.14. The lowest BCUT2D eigenvalue weighted by molar-refractivity contribution is -0.117. The Morgan fingerprint density at radius 3 is 2.74 bits per heavy atom. The van der Waals surface area contributed by atoms with Crippen LogP contribution in [0.3, 0.4) is 0 Å². The monoisotopic (exact) mass is 461 g/mol. The molecule has 0 unspecified atom stereocenters. The maximum absolute atomic E-state index is 11.6. The molecule has 3 aromatic rings. The minimum atomic E-state index is -0.0752. The summed E-state index contributed by atoms with van der Waals surface area (Å²) in [5.41, 5.74) is 3.79. The van der Waals surface area contributed by atoms with E-state index in [1.54, 1.807) is 14.0 Å². The van der Waals surface area contributed by atoms with Crippen molar-refractivity contribution >= 4 is 16.9 Å². The van der Waals surface area contributed by atoms with E-state index in [2.05, 4.69) is 29.1 Å². The molecule has 0 saturated carbocycles. The van der Waals surface area contributed by atoms with Crippen LogP contribution in [0.4, 0.5) is 0 Å². The number of para-hydroxylation sites is 2. The van der Waals surface area contributed by atoms with Gasteiger partial charge in [0.15, 0.2) is 11.5 Å². The summed E-state index contributed by atoms with van der Waals surface area (Å²) in [7, 11) is 1.66. The average molecular weight is 462 g/mol. The van der Waals surface area contributed by atoms with Crippen LogP contribution in [0, 0.1) is 0 Å². The summed E-state index contributed by atoms with van der Waals surface area (Å²) < 4.78 is 13.9. The molecule has 1 aromatic heterocycles. The minimum absolute atomic E-state index is 0.0752. The van der Waals surface area contributed by atoms with Gasteiger partial charge in [0, 0.05) is 18.5 Å². The Morgan fingerprint density at radius 2 is 1.97 bits per heavy atom. The standard InChI is InChI=1S/C28H35N3O3/c1-5-11-22-15-16-25(26(20-22)33-4)34-19-18-31-24-13-9-8-12-23(24)30-27(31)14-7-6-10-17-29-28(32)21(2)3/h5,8-9,12-13,15-16,20H,1-2,6-7,10-11,14,17-19H2,3-4H3,(H,29,32). The molecule has 0 radical (unpaired) electrons. The van der Waals surface area contributed by atoms with Crippen LogP contribution in [0.5, 0.6) is 11.5 Å². The Labute approximate surface area is 202 Å². The first-order chi connectivity index (χ1) is 16.5. The van der Waals surface area contributed by atoms with Gasteiger partial charge in [0.25, 0.3) is 0 Å². The highest BCUT2D eigenvalue weighted by atomic mass is 16.5. The summed E-state index contributed by atoms with van der Waals surface area (Å²) in [5.74, 6) is 2.45. The van der Waals surface area contributed by atoms with Crippen LogP contribution in [0.25, 0.3) is 11.0 Å². The van der Waals surface area contributed by atoms with Gasteiger partial charge in [-0.05, 0) is 56.0 Å². The van der Waals surface area contributed by atoms with E-state index in [0.717, 1.165) is 66.0 Å². The van der Waals surface area contributed by atoms with Crippen molar-refractivity contribution in [3.05, 3.63) is 78.7 Å². The van der Waals surface area contributed by atoms with Crippen molar-refractivity contribution in [1.82, 2.24) is 14.9 Å². The maximum Gasteiger partial charge on any atom is 0.246 e. The number of nitrogens with zero attached hydrogens (tertiary/aromatic N) is 2. The molecule has 0 aliphatic heterocycles. The van der Waals surface area contributed by atoms with E-state index in [4.69, 9.17) is 14.5 Å². The third-order valence-electron chi connectivity index (χ3n) is 5.66. The number of carbonyl (C=O) groups is 1. The number of aryl methyl sites for hydroxylation is 1. The maximum atomic E-state index is 11.6. The molecular formula is C28H35N3O3. The highest BCUT2D eigenvalue weighted by molar-refractivity contribution is 5.92. The van der Waals surface area contributed by atoms with Crippen molar-refractivity contribution in [2.45, 2.75) is 45.6 Å². The smallest absolute Gasteiger partial charge is 0.246 e. The zero-order valence-corrected chi connectivity index (χ0v) is 20.3. The highest BCUT2D eigenvalue weighted by Gasteiger charge is 2.12. The first-order valence-electron chi connectivity index (χ1n) is 11.8. The largest absolute Gasteiger partial charge is 0.493 e. The molecule has 180 valence electrons. The van der Waals surface area contributed by atoms with E-state index in [9.17, 15) is 4.79 Å². The highest BCUT2D eigenvalue weighted by Crippen LogP contribution is 2.28. The Hall–Kier alpha value is -3.54. The van der Waals surface area contributed by atoms with E-state index < -0.39 is 0 Å². The van der Waals surface area contributed by atoms with Crippen molar-refractivity contribution < 1.29 is 14.3 Å². The summed E-state index contributed by atoms with van der Waals surface area (Å²) in [4.78, 5) is 16.4. The van der Waals surface area contributed by atoms with E-state index in [1.165, 1.54) is 0 Å². The molecule has 0 aliphatic rings. The Morgan fingerprint density at radius 1 is 1.15 bits per heavy atom. The number of hydrogen-bond donors (Lipinski definition) is 1. The minimum Gasteiger partial charge on any atom is -0.493 e. The number of imidazole rings is 1. The molecule has 0 spiro atoms. The van der Waals surface area contributed by atoms with Crippen LogP contribution in [0.1, 0.15) is 37.6 Å². The van der Waals surface area contributed by atoms with Crippen LogP contribution < -0.4 is 14.8 Å². The first kappa shape index (κ1) is 25.1.